The summed E-state index contributed by atoms with van der Waals surface area (Å²) in [5.41, 5.74) is 0.497. The number of hydrogen-bond donors (Lipinski definition) is 1. The van der Waals surface area contributed by atoms with Gasteiger partial charge in [-0.25, -0.2) is 4.79 Å². The van der Waals surface area contributed by atoms with Gasteiger partial charge in [-0.15, -0.1) is 11.3 Å². The molecule has 0 spiro atoms. The molecule has 1 aromatic rings. The monoisotopic (exact) mass is 281 g/mol. The first-order valence-corrected chi connectivity index (χ1v) is 7.71. The average molecular weight is 281 g/mol. The highest BCUT2D eigenvalue weighted by Crippen LogP contribution is 2.37. The van der Waals surface area contributed by atoms with Crippen molar-refractivity contribution in [2.24, 2.45) is 5.41 Å². The molecule has 0 bridgehead atoms. The number of carbonyl (C=O) groups is 1. The molecule has 1 aliphatic carbocycles. The van der Waals surface area contributed by atoms with Crippen molar-refractivity contribution >= 4 is 17.3 Å². The highest BCUT2D eigenvalue weighted by atomic mass is 32.1. The van der Waals surface area contributed by atoms with Crippen LogP contribution in [0.1, 0.15) is 54.1 Å². The summed E-state index contributed by atoms with van der Waals surface area (Å²) in [6.45, 7) is 5.56. The van der Waals surface area contributed by atoms with E-state index in [1.165, 1.54) is 37.0 Å². The van der Waals surface area contributed by atoms with Crippen molar-refractivity contribution in [1.82, 2.24) is 4.90 Å². The van der Waals surface area contributed by atoms with Gasteiger partial charge in [0.05, 0.1) is 0 Å². The second-order valence-electron chi connectivity index (χ2n) is 6.38. The van der Waals surface area contributed by atoms with Crippen molar-refractivity contribution in [3.63, 3.8) is 0 Å². The zero-order valence-electron chi connectivity index (χ0n) is 12.0. The Balaban J connectivity index is 1.90. The molecular weight excluding hydrogens is 258 g/mol. The summed E-state index contributed by atoms with van der Waals surface area (Å²) in [4.78, 5) is 14.8. The molecule has 0 atom stereocenters. The Kier molecular flexibility index (Phi) is 4.31. The van der Waals surface area contributed by atoms with Crippen molar-refractivity contribution < 1.29 is 9.90 Å². The van der Waals surface area contributed by atoms with Gasteiger partial charge >= 0.3 is 5.97 Å². The van der Waals surface area contributed by atoms with Gasteiger partial charge in [0, 0.05) is 17.5 Å². The molecule has 3 nitrogen and oxygen atoms in total. The predicted octanol–water partition coefficient (Wildman–Crippen LogP) is 3.85. The maximum absolute atomic E-state index is 10.9. The van der Waals surface area contributed by atoms with E-state index in [1.54, 1.807) is 6.07 Å². The molecule has 0 amide bonds. The van der Waals surface area contributed by atoms with Crippen LogP contribution in [0.2, 0.25) is 0 Å². The van der Waals surface area contributed by atoms with Crippen LogP contribution in [0.4, 0.5) is 0 Å². The first-order valence-electron chi connectivity index (χ1n) is 6.90. The van der Waals surface area contributed by atoms with E-state index >= 15 is 0 Å². The van der Waals surface area contributed by atoms with Gasteiger partial charge in [0.2, 0.25) is 0 Å². The minimum absolute atomic E-state index is 0.438. The molecule has 0 saturated heterocycles. The highest BCUT2D eigenvalue weighted by Gasteiger charge is 2.28. The largest absolute Gasteiger partial charge is 0.477 e. The van der Waals surface area contributed by atoms with Crippen molar-refractivity contribution in [2.75, 3.05) is 7.05 Å². The van der Waals surface area contributed by atoms with Gasteiger partial charge in [-0.3, -0.25) is 4.90 Å². The SMILES string of the molecule is CN(Cc1ccc(C(=O)O)s1)C1CCC(C)(C)CC1. The highest BCUT2D eigenvalue weighted by molar-refractivity contribution is 7.13. The lowest BCUT2D eigenvalue weighted by molar-refractivity contribution is 0.0702. The smallest absolute Gasteiger partial charge is 0.345 e. The molecule has 0 aliphatic heterocycles. The summed E-state index contributed by atoms with van der Waals surface area (Å²) in [5.74, 6) is -0.821. The Hall–Kier alpha value is -0.870. The topological polar surface area (TPSA) is 40.5 Å². The van der Waals surface area contributed by atoms with Gasteiger partial charge in [0.1, 0.15) is 4.88 Å². The molecule has 1 heterocycles. The number of hydrogen-bond acceptors (Lipinski definition) is 3. The first kappa shape index (κ1) is 14.5. The van der Waals surface area contributed by atoms with E-state index in [9.17, 15) is 4.79 Å². The van der Waals surface area contributed by atoms with Gasteiger partial charge in [-0.05, 0) is 50.3 Å². The average Bonchev–Trinajstić information content (AvgIpc) is 2.77. The van der Waals surface area contributed by atoms with Crippen LogP contribution in [0, 0.1) is 5.41 Å². The standard InChI is InChI=1S/C15H23NO2S/c1-15(2)8-6-11(7-9-15)16(3)10-12-4-5-13(19-12)14(17)18/h4-5,11H,6-10H2,1-3H3,(H,17,18). The Morgan fingerprint density at radius 1 is 1.42 bits per heavy atom. The Bertz CT molecular complexity index is 443. The number of aromatic carboxylic acids is 1. The van der Waals surface area contributed by atoms with E-state index in [-0.39, 0.29) is 0 Å². The lowest BCUT2D eigenvalue weighted by Crippen LogP contribution is -2.36. The summed E-state index contributed by atoms with van der Waals surface area (Å²) in [6, 6.07) is 4.29. The maximum Gasteiger partial charge on any atom is 0.345 e. The molecule has 1 aromatic heterocycles. The third-order valence-electron chi connectivity index (χ3n) is 4.21. The minimum Gasteiger partial charge on any atom is -0.477 e. The Labute approximate surface area is 119 Å². The number of carboxylic acids is 1. The zero-order chi connectivity index (χ0) is 14.0. The van der Waals surface area contributed by atoms with Crippen LogP contribution in [0.25, 0.3) is 0 Å². The molecule has 106 valence electrons. The number of carboxylic acid groups (broad SMARTS) is 1. The van der Waals surface area contributed by atoms with E-state index < -0.39 is 5.97 Å². The summed E-state index contributed by atoms with van der Waals surface area (Å²) in [5, 5.41) is 8.94. The molecule has 1 saturated carbocycles. The molecule has 2 rings (SSSR count). The van der Waals surface area contributed by atoms with E-state index in [0.717, 1.165) is 11.4 Å². The van der Waals surface area contributed by atoms with Crippen LogP contribution in [0.15, 0.2) is 12.1 Å². The van der Waals surface area contributed by atoms with Crippen LogP contribution in [-0.2, 0) is 6.54 Å². The fraction of sp³-hybridized carbons (Fsp3) is 0.667. The molecule has 1 fully saturated rings. The fourth-order valence-corrected chi connectivity index (χ4v) is 3.69. The zero-order valence-corrected chi connectivity index (χ0v) is 12.8. The van der Waals surface area contributed by atoms with Crippen molar-refractivity contribution in [2.45, 2.75) is 52.1 Å². The van der Waals surface area contributed by atoms with Crippen molar-refractivity contribution in [3.05, 3.63) is 21.9 Å². The summed E-state index contributed by atoms with van der Waals surface area (Å²) in [7, 11) is 2.16. The van der Waals surface area contributed by atoms with Crippen molar-refractivity contribution in [1.29, 1.82) is 0 Å². The third kappa shape index (κ3) is 3.80. The quantitative estimate of drug-likeness (QED) is 0.911. The first-order chi connectivity index (χ1) is 8.87. The minimum atomic E-state index is -0.821. The summed E-state index contributed by atoms with van der Waals surface area (Å²) < 4.78 is 0. The van der Waals surface area contributed by atoms with Gasteiger partial charge in [0.25, 0.3) is 0 Å². The molecule has 0 unspecified atom stereocenters. The Morgan fingerprint density at radius 2 is 2.05 bits per heavy atom. The van der Waals surface area contributed by atoms with Crippen LogP contribution >= 0.6 is 11.3 Å². The summed E-state index contributed by atoms with van der Waals surface area (Å²) in [6.07, 6.45) is 5.07. The maximum atomic E-state index is 10.9. The van der Waals surface area contributed by atoms with Crippen LogP contribution in [-0.4, -0.2) is 29.1 Å². The van der Waals surface area contributed by atoms with Crippen LogP contribution < -0.4 is 0 Å². The molecule has 1 aliphatic rings. The molecule has 1 N–H and O–H groups in total. The van der Waals surface area contributed by atoms with E-state index in [1.807, 2.05) is 6.07 Å². The van der Waals surface area contributed by atoms with E-state index in [2.05, 4.69) is 25.8 Å². The summed E-state index contributed by atoms with van der Waals surface area (Å²) >= 11 is 1.39. The molecule has 19 heavy (non-hydrogen) atoms. The van der Waals surface area contributed by atoms with Gasteiger partial charge in [-0.2, -0.15) is 0 Å². The number of nitrogens with zero attached hydrogens (tertiary/aromatic N) is 1. The lowest BCUT2D eigenvalue weighted by atomic mass is 9.75. The molecule has 4 heteroatoms. The van der Waals surface area contributed by atoms with Gasteiger partial charge in [0.15, 0.2) is 0 Å². The fourth-order valence-electron chi connectivity index (χ4n) is 2.78. The van der Waals surface area contributed by atoms with E-state index in [4.69, 9.17) is 5.11 Å². The van der Waals surface area contributed by atoms with Crippen molar-refractivity contribution in [3.8, 4) is 0 Å². The normalized spacial score (nSPS) is 19.8. The van der Waals surface area contributed by atoms with Gasteiger partial charge < -0.3 is 5.11 Å². The van der Waals surface area contributed by atoms with Gasteiger partial charge in [-0.1, -0.05) is 13.8 Å². The molecular formula is C15H23NO2S. The number of thiophene rings is 1. The second kappa shape index (κ2) is 5.63. The Morgan fingerprint density at radius 3 is 2.58 bits per heavy atom. The lowest BCUT2D eigenvalue weighted by Gasteiger charge is -2.38. The van der Waals surface area contributed by atoms with E-state index in [0.29, 0.717) is 16.3 Å². The third-order valence-corrected chi connectivity index (χ3v) is 5.27. The second-order valence-corrected chi connectivity index (χ2v) is 7.55. The molecule has 0 radical (unpaired) electrons. The van der Waals surface area contributed by atoms with Crippen LogP contribution in [0.3, 0.4) is 0 Å². The predicted molar refractivity (Wildman–Crippen MR) is 78.8 cm³/mol. The van der Waals surface area contributed by atoms with Crippen LogP contribution in [0.5, 0.6) is 0 Å². The number of rotatable bonds is 4. The molecule has 0 aromatic carbocycles.